The molecule has 0 spiro atoms. The first-order chi connectivity index (χ1) is 12.6. The molecule has 2 heterocycles. The second-order valence-corrected chi connectivity index (χ2v) is 6.44. The molecule has 1 aromatic carbocycles. The average molecular weight is 354 g/mol. The molecule has 8 nitrogen and oxygen atoms in total. The number of benzene rings is 1. The Balaban J connectivity index is 1.33. The number of carbonyl (C=O) groups is 1. The van der Waals surface area contributed by atoms with Crippen LogP contribution < -0.4 is 5.32 Å². The molecule has 0 saturated heterocycles. The normalized spacial score (nSPS) is 20.4. The number of amides is 1. The molecule has 1 aliphatic carbocycles. The minimum Gasteiger partial charge on any atom is -0.422 e. The molecule has 2 aromatic heterocycles. The van der Waals surface area contributed by atoms with Gasteiger partial charge in [-0.1, -0.05) is 35.5 Å². The molecule has 2 N–H and O–H groups in total. The van der Waals surface area contributed by atoms with Gasteiger partial charge in [-0.15, -0.1) is 10.2 Å². The van der Waals surface area contributed by atoms with Gasteiger partial charge in [-0.3, -0.25) is 4.79 Å². The second kappa shape index (κ2) is 6.72. The predicted octanol–water partition coefficient (Wildman–Crippen LogP) is 2.45. The highest BCUT2D eigenvalue weighted by Gasteiger charge is 2.36. The lowest BCUT2D eigenvalue weighted by molar-refractivity contribution is 0.0892. The second-order valence-electron chi connectivity index (χ2n) is 6.44. The number of hydrogen-bond acceptors (Lipinski definition) is 7. The van der Waals surface area contributed by atoms with Crippen LogP contribution in [-0.2, 0) is 0 Å². The molecular formula is C18H18N4O4. The summed E-state index contributed by atoms with van der Waals surface area (Å²) in [5.74, 6) is 1.09. The van der Waals surface area contributed by atoms with Crippen LogP contribution in [0.1, 0.15) is 54.1 Å². The fraction of sp³-hybridized carbons (Fsp3) is 0.333. The van der Waals surface area contributed by atoms with E-state index in [9.17, 15) is 9.90 Å². The quantitative estimate of drug-likeness (QED) is 0.723. The molecule has 1 atom stereocenters. The smallest absolute Gasteiger partial charge is 0.273 e. The van der Waals surface area contributed by atoms with Crippen LogP contribution >= 0.6 is 0 Å². The van der Waals surface area contributed by atoms with Crippen molar-refractivity contribution in [2.75, 3.05) is 0 Å². The van der Waals surface area contributed by atoms with Crippen molar-refractivity contribution in [2.45, 2.75) is 37.8 Å². The van der Waals surface area contributed by atoms with E-state index >= 15 is 0 Å². The fourth-order valence-electron chi connectivity index (χ4n) is 2.90. The third-order valence-corrected chi connectivity index (χ3v) is 4.44. The first kappa shape index (κ1) is 16.5. The zero-order valence-corrected chi connectivity index (χ0v) is 14.1. The number of nitrogens with zero attached hydrogens (tertiary/aromatic N) is 3. The third kappa shape index (κ3) is 3.23. The Morgan fingerprint density at radius 2 is 2.04 bits per heavy atom. The Kier molecular flexibility index (Phi) is 4.26. The van der Waals surface area contributed by atoms with E-state index < -0.39 is 6.10 Å². The van der Waals surface area contributed by atoms with Crippen molar-refractivity contribution >= 4 is 5.91 Å². The van der Waals surface area contributed by atoms with Crippen LogP contribution in [0.5, 0.6) is 0 Å². The number of aliphatic hydroxyl groups excluding tert-OH is 1. The Hall–Kier alpha value is -3.00. The third-order valence-electron chi connectivity index (χ3n) is 4.44. The molecule has 0 bridgehead atoms. The van der Waals surface area contributed by atoms with Gasteiger partial charge in [0.2, 0.25) is 11.8 Å². The van der Waals surface area contributed by atoms with Crippen molar-refractivity contribution in [3.63, 3.8) is 0 Å². The molecule has 1 saturated carbocycles. The van der Waals surface area contributed by atoms with Crippen LogP contribution in [0.25, 0.3) is 11.3 Å². The Morgan fingerprint density at radius 1 is 1.27 bits per heavy atom. The van der Waals surface area contributed by atoms with E-state index in [4.69, 9.17) is 8.94 Å². The van der Waals surface area contributed by atoms with Gasteiger partial charge in [-0.05, 0) is 19.8 Å². The van der Waals surface area contributed by atoms with Gasteiger partial charge in [0.05, 0.1) is 0 Å². The Bertz CT molecular complexity index is 897. The van der Waals surface area contributed by atoms with Gasteiger partial charge in [-0.25, -0.2) is 0 Å². The first-order valence-electron chi connectivity index (χ1n) is 8.44. The van der Waals surface area contributed by atoms with Crippen molar-refractivity contribution in [2.24, 2.45) is 0 Å². The number of rotatable bonds is 5. The van der Waals surface area contributed by atoms with E-state index in [1.807, 2.05) is 30.3 Å². The molecule has 3 aromatic rings. The highest BCUT2D eigenvalue weighted by molar-refractivity contribution is 5.93. The van der Waals surface area contributed by atoms with Crippen molar-refractivity contribution in [3.05, 3.63) is 53.9 Å². The maximum absolute atomic E-state index is 12.3. The van der Waals surface area contributed by atoms with Gasteiger partial charge in [0.15, 0.2) is 11.5 Å². The van der Waals surface area contributed by atoms with Crippen molar-refractivity contribution < 1.29 is 18.8 Å². The summed E-state index contributed by atoms with van der Waals surface area (Å²) in [7, 11) is 0. The number of aliphatic hydroxyl groups is 1. The largest absolute Gasteiger partial charge is 0.422 e. The molecule has 1 fully saturated rings. The van der Waals surface area contributed by atoms with E-state index in [-0.39, 0.29) is 29.5 Å². The zero-order chi connectivity index (χ0) is 18.1. The number of nitrogens with one attached hydrogen (secondary N) is 1. The van der Waals surface area contributed by atoms with E-state index in [1.165, 1.54) is 0 Å². The average Bonchev–Trinajstić information content (AvgIpc) is 3.28. The van der Waals surface area contributed by atoms with Crippen molar-refractivity contribution in [1.82, 2.24) is 20.7 Å². The van der Waals surface area contributed by atoms with Crippen LogP contribution in [0, 0.1) is 0 Å². The van der Waals surface area contributed by atoms with Gasteiger partial charge < -0.3 is 19.4 Å². The molecule has 1 amide bonds. The number of hydrogen-bond donors (Lipinski definition) is 2. The monoisotopic (exact) mass is 354 g/mol. The van der Waals surface area contributed by atoms with E-state index in [0.29, 0.717) is 24.5 Å². The maximum Gasteiger partial charge on any atom is 0.273 e. The standard InChI is InChI=1S/C18H18N4O4/c1-10(23)17-20-21-18(25-17)12-7-13(8-12)19-16(24)14-9-15(26-22-14)11-5-3-2-4-6-11/h2-6,9-10,12-13,23H,7-8H2,1H3,(H,19,24)/t10?,12-,13-. The van der Waals surface area contributed by atoms with Crippen LogP contribution in [0.4, 0.5) is 0 Å². The van der Waals surface area contributed by atoms with Crippen LogP contribution in [-0.4, -0.2) is 32.4 Å². The molecule has 1 aliphatic rings. The highest BCUT2D eigenvalue weighted by atomic mass is 16.5. The number of aromatic nitrogens is 3. The van der Waals surface area contributed by atoms with Crippen molar-refractivity contribution in [1.29, 1.82) is 0 Å². The lowest BCUT2D eigenvalue weighted by Gasteiger charge is -2.33. The summed E-state index contributed by atoms with van der Waals surface area (Å²) in [6.45, 7) is 1.57. The predicted molar refractivity (Wildman–Crippen MR) is 90.1 cm³/mol. The molecule has 134 valence electrons. The Morgan fingerprint density at radius 3 is 2.73 bits per heavy atom. The topological polar surface area (TPSA) is 114 Å². The van der Waals surface area contributed by atoms with Gasteiger partial charge in [0.1, 0.15) is 6.10 Å². The summed E-state index contributed by atoms with van der Waals surface area (Å²) < 4.78 is 10.7. The summed E-state index contributed by atoms with van der Waals surface area (Å²) in [4.78, 5) is 12.3. The minimum atomic E-state index is -0.780. The molecule has 0 aliphatic heterocycles. The summed E-state index contributed by atoms with van der Waals surface area (Å²) in [5.41, 5.74) is 1.12. The van der Waals surface area contributed by atoms with Gasteiger partial charge in [-0.2, -0.15) is 0 Å². The highest BCUT2D eigenvalue weighted by Crippen LogP contribution is 2.36. The van der Waals surface area contributed by atoms with Gasteiger partial charge >= 0.3 is 0 Å². The van der Waals surface area contributed by atoms with Crippen LogP contribution in [0.2, 0.25) is 0 Å². The van der Waals surface area contributed by atoms with Gasteiger partial charge in [0.25, 0.3) is 5.91 Å². The molecule has 1 unspecified atom stereocenters. The summed E-state index contributed by atoms with van der Waals surface area (Å²) in [6, 6.07) is 11.1. The van der Waals surface area contributed by atoms with Crippen LogP contribution in [0.15, 0.2) is 45.3 Å². The zero-order valence-electron chi connectivity index (χ0n) is 14.1. The van der Waals surface area contributed by atoms with Crippen LogP contribution in [0.3, 0.4) is 0 Å². The van der Waals surface area contributed by atoms with E-state index in [0.717, 1.165) is 5.56 Å². The first-order valence-corrected chi connectivity index (χ1v) is 8.44. The molecule has 26 heavy (non-hydrogen) atoms. The maximum atomic E-state index is 12.3. The van der Waals surface area contributed by atoms with E-state index in [1.54, 1.807) is 13.0 Å². The molecule has 8 heteroatoms. The molecule has 4 rings (SSSR count). The molecule has 0 radical (unpaired) electrons. The van der Waals surface area contributed by atoms with E-state index in [2.05, 4.69) is 20.7 Å². The molecular weight excluding hydrogens is 336 g/mol. The van der Waals surface area contributed by atoms with Crippen molar-refractivity contribution in [3.8, 4) is 11.3 Å². The summed E-state index contributed by atoms with van der Waals surface area (Å²) in [5, 5.41) is 24.0. The SMILES string of the molecule is CC(O)c1nnc([C@H]2C[C@H](NC(=O)c3cc(-c4ccccc4)on3)C2)o1. The fourth-order valence-corrected chi connectivity index (χ4v) is 2.90. The van der Waals surface area contributed by atoms with Gasteiger partial charge in [0, 0.05) is 23.6 Å². The lowest BCUT2D eigenvalue weighted by Crippen LogP contribution is -2.43. The minimum absolute atomic E-state index is 0.0197. The Labute approximate surface area is 149 Å². The lowest BCUT2D eigenvalue weighted by atomic mass is 9.80. The summed E-state index contributed by atoms with van der Waals surface area (Å²) >= 11 is 0. The number of carbonyl (C=O) groups excluding carboxylic acids is 1. The summed E-state index contributed by atoms with van der Waals surface area (Å²) in [6.07, 6.45) is 0.630.